The first kappa shape index (κ1) is 20.8. The van der Waals surface area contributed by atoms with Crippen molar-refractivity contribution in [3.05, 3.63) is 69.0 Å². The average Bonchev–Trinajstić information content (AvgIpc) is 2.67. The number of esters is 1. The summed E-state index contributed by atoms with van der Waals surface area (Å²) in [5.74, 6) is -4.04. The molecule has 0 amide bonds. The van der Waals surface area contributed by atoms with Gasteiger partial charge in [0.15, 0.2) is 12.3 Å². The number of ether oxygens (including phenoxy) is 2. The molecule has 0 fully saturated rings. The maximum Gasteiger partial charge on any atom is 0.338 e. The number of aromatic amines is 1. The van der Waals surface area contributed by atoms with E-state index in [1.807, 2.05) is 4.98 Å². The third-order valence-electron chi connectivity index (χ3n) is 3.74. The summed E-state index contributed by atoms with van der Waals surface area (Å²) < 4.78 is 26.2. The van der Waals surface area contributed by atoms with E-state index >= 15 is 4.39 Å². The molecule has 0 saturated carbocycles. The lowest BCUT2D eigenvalue weighted by Crippen LogP contribution is -2.48. The Morgan fingerprint density at radius 3 is 2.56 bits per heavy atom. The minimum absolute atomic E-state index is 0.190. The second-order valence-corrected chi connectivity index (χ2v) is 5.91. The Kier molecular flexibility index (Phi) is 6.89. The molecular formula is C17H18ClFN2O6. The summed E-state index contributed by atoms with van der Waals surface area (Å²) in [4.78, 5) is 37.1. The van der Waals surface area contributed by atoms with Gasteiger partial charge in [0.2, 0.25) is 0 Å². The van der Waals surface area contributed by atoms with Crippen molar-refractivity contribution in [1.29, 1.82) is 0 Å². The molecule has 1 heterocycles. The van der Waals surface area contributed by atoms with E-state index in [0.717, 1.165) is 16.8 Å². The number of nitrogens with zero attached hydrogens (tertiary/aromatic N) is 1. The summed E-state index contributed by atoms with van der Waals surface area (Å²) in [5.41, 5.74) is -1.33. The highest BCUT2D eigenvalue weighted by Gasteiger charge is 2.42. The fraction of sp³-hybridized carbons (Fsp3) is 0.353. The van der Waals surface area contributed by atoms with E-state index in [2.05, 4.69) is 0 Å². The Morgan fingerprint density at radius 1 is 1.33 bits per heavy atom. The molecule has 1 aromatic heterocycles. The molecule has 0 spiro atoms. The number of benzene rings is 1. The van der Waals surface area contributed by atoms with Crippen molar-refractivity contribution in [3.8, 4) is 0 Å². The van der Waals surface area contributed by atoms with Crippen LogP contribution in [0.3, 0.4) is 0 Å². The van der Waals surface area contributed by atoms with Gasteiger partial charge in [-0.2, -0.15) is 0 Å². The summed E-state index contributed by atoms with van der Waals surface area (Å²) in [6.45, 7) is 0.0275. The predicted octanol–water partition coefficient (Wildman–Crippen LogP) is 1.19. The normalized spacial score (nSPS) is 15.6. The molecule has 27 heavy (non-hydrogen) atoms. The number of aliphatic hydroxyl groups excluding tert-OH is 1. The molecule has 10 heteroatoms. The molecule has 8 nitrogen and oxygen atoms in total. The molecule has 2 rings (SSSR count). The van der Waals surface area contributed by atoms with Crippen LogP contribution in [0.15, 0.2) is 52.2 Å². The summed E-state index contributed by atoms with van der Waals surface area (Å²) >= 11 is 5.75. The van der Waals surface area contributed by atoms with E-state index in [1.165, 1.54) is 19.1 Å². The molecule has 0 bridgehead atoms. The summed E-state index contributed by atoms with van der Waals surface area (Å²) in [7, 11) is 0. The number of aliphatic hydroxyl groups is 1. The lowest BCUT2D eigenvalue weighted by molar-refractivity contribution is -0.256. The van der Waals surface area contributed by atoms with Crippen LogP contribution < -0.4 is 11.2 Å². The molecule has 146 valence electrons. The molecule has 0 aliphatic carbocycles. The number of nitrogens with one attached hydrogen (secondary N) is 1. The zero-order chi connectivity index (χ0) is 20.0. The van der Waals surface area contributed by atoms with Crippen molar-refractivity contribution in [2.45, 2.75) is 25.1 Å². The zero-order valence-corrected chi connectivity index (χ0v) is 15.1. The Hall–Kier alpha value is -2.49. The largest absolute Gasteiger partial charge is 0.453 e. The van der Waals surface area contributed by atoms with Crippen LogP contribution in [0.1, 0.15) is 23.5 Å². The van der Waals surface area contributed by atoms with Crippen LogP contribution in [-0.4, -0.2) is 45.1 Å². The SMILES string of the molecule is C[C@H](OC(=O)c1ccccc1)[C@@](F)(CO)O[C@H](CCl)n1ccc(=O)[nH]c1=O. The molecule has 0 aliphatic rings. The number of carbonyl (C=O) groups is 1. The van der Waals surface area contributed by atoms with Gasteiger partial charge in [0.25, 0.3) is 11.4 Å². The Balaban J connectivity index is 2.19. The lowest BCUT2D eigenvalue weighted by Gasteiger charge is -2.32. The van der Waals surface area contributed by atoms with Gasteiger partial charge in [-0.1, -0.05) is 18.2 Å². The Bertz CT molecular complexity index is 887. The summed E-state index contributed by atoms with van der Waals surface area (Å²) in [6.07, 6.45) is -1.82. The molecule has 1 aromatic carbocycles. The summed E-state index contributed by atoms with van der Waals surface area (Å²) in [5, 5.41) is 9.46. The van der Waals surface area contributed by atoms with Crippen molar-refractivity contribution in [2.75, 3.05) is 12.5 Å². The smallest absolute Gasteiger partial charge is 0.338 e. The zero-order valence-electron chi connectivity index (χ0n) is 14.3. The van der Waals surface area contributed by atoms with Gasteiger partial charge in [-0.25, -0.2) is 14.0 Å². The van der Waals surface area contributed by atoms with Crippen LogP contribution in [0.25, 0.3) is 0 Å². The van der Waals surface area contributed by atoms with E-state index in [4.69, 9.17) is 21.1 Å². The average molecular weight is 401 g/mol. The third kappa shape index (κ3) is 5.03. The number of aromatic nitrogens is 2. The fourth-order valence-corrected chi connectivity index (χ4v) is 2.41. The Labute approximate surface area is 158 Å². The van der Waals surface area contributed by atoms with Crippen LogP contribution in [0.5, 0.6) is 0 Å². The third-order valence-corrected chi connectivity index (χ3v) is 4.01. The Morgan fingerprint density at radius 2 is 2.00 bits per heavy atom. The highest BCUT2D eigenvalue weighted by Crippen LogP contribution is 2.27. The molecule has 2 aromatic rings. The number of hydrogen-bond donors (Lipinski definition) is 2. The van der Waals surface area contributed by atoms with Gasteiger partial charge < -0.3 is 14.6 Å². The second-order valence-electron chi connectivity index (χ2n) is 5.60. The molecular weight excluding hydrogens is 383 g/mol. The van der Waals surface area contributed by atoms with Gasteiger partial charge in [0.1, 0.15) is 6.61 Å². The van der Waals surface area contributed by atoms with Crippen molar-refractivity contribution in [3.63, 3.8) is 0 Å². The van der Waals surface area contributed by atoms with Crippen molar-refractivity contribution in [2.24, 2.45) is 0 Å². The minimum atomic E-state index is -2.85. The van der Waals surface area contributed by atoms with Crippen LogP contribution in [0, 0.1) is 0 Å². The number of hydrogen-bond acceptors (Lipinski definition) is 6. The van der Waals surface area contributed by atoms with E-state index in [0.29, 0.717) is 0 Å². The molecule has 3 atom stereocenters. The maximum absolute atomic E-state index is 15.1. The highest BCUT2D eigenvalue weighted by atomic mass is 35.5. The van der Waals surface area contributed by atoms with E-state index in [-0.39, 0.29) is 11.4 Å². The first-order chi connectivity index (χ1) is 12.8. The number of rotatable bonds is 8. The fourth-order valence-electron chi connectivity index (χ4n) is 2.20. The topological polar surface area (TPSA) is 111 Å². The van der Waals surface area contributed by atoms with Crippen molar-refractivity contribution >= 4 is 17.6 Å². The van der Waals surface area contributed by atoms with E-state index in [9.17, 15) is 19.5 Å². The predicted molar refractivity (Wildman–Crippen MR) is 94.4 cm³/mol. The molecule has 0 unspecified atom stereocenters. The minimum Gasteiger partial charge on any atom is -0.453 e. The molecule has 2 N–H and O–H groups in total. The lowest BCUT2D eigenvalue weighted by atomic mass is 10.2. The standard InChI is InChI=1S/C17H18ClFN2O6/c1-11(26-15(24)12-5-3-2-4-6-12)17(19,10-22)27-14(9-18)21-8-7-13(23)20-16(21)25/h2-8,11,14,22H,9-10H2,1H3,(H,20,23,25)/t11-,14+,17+/m0/s1. The van der Waals surface area contributed by atoms with Gasteiger partial charge in [0, 0.05) is 12.3 Å². The van der Waals surface area contributed by atoms with Gasteiger partial charge in [-0.05, 0) is 19.1 Å². The van der Waals surface area contributed by atoms with E-state index in [1.54, 1.807) is 18.2 Å². The van der Waals surface area contributed by atoms with Crippen LogP contribution in [0.2, 0.25) is 0 Å². The summed E-state index contributed by atoms with van der Waals surface area (Å²) in [6, 6.07) is 8.91. The molecule has 0 aliphatic heterocycles. The highest BCUT2D eigenvalue weighted by molar-refractivity contribution is 6.18. The van der Waals surface area contributed by atoms with Gasteiger partial charge in [0.05, 0.1) is 11.4 Å². The van der Waals surface area contributed by atoms with Crippen LogP contribution in [0.4, 0.5) is 4.39 Å². The van der Waals surface area contributed by atoms with Gasteiger partial charge in [-0.3, -0.25) is 14.3 Å². The number of halogens is 2. The monoisotopic (exact) mass is 400 g/mol. The first-order valence-corrected chi connectivity index (χ1v) is 8.45. The first-order valence-electron chi connectivity index (χ1n) is 7.92. The van der Waals surface area contributed by atoms with Crippen molar-refractivity contribution < 1.29 is 23.8 Å². The second kappa shape index (κ2) is 8.94. The van der Waals surface area contributed by atoms with Crippen LogP contribution >= 0.6 is 11.6 Å². The number of alkyl halides is 2. The molecule has 0 saturated heterocycles. The quantitative estimate of drug-likeness (QED) is 0.508. The van der Waals surface area contributed by atoms with Gasteiger partial charge in [-0.15, -0.1) is 11.6 Å². The van der Waals surface area contributed by atoms with Crippen molar-refractivity contribution in [1.82, 2.24) is 9.55 Å². The number of carbonyl (C=O) groups excluding carboxylic acids is 1. The molecule has 0 radical (unpaired) electrons. The van der Waals surface area contributed by atoms with E-state index < -0.39 is 42.0 Å². The van der Waals surface area contributed by atoms with Crippen LogP contribution in [-0.2, 0) is 9.47 Å². The van der Waals surface area contributed by atoms with Gasteiger partial charge >= 0.3 is 11.7 Å². The number of H-pyrrole nitrogens is 1. The maximum atomic E-state index is 15.1.